The maximum atomic E-state index is 12.4. The summed E-state index contributed by atoms with van der Waals surface area (Å²) in [6.07, 6.45) is 5.04. The number of hydrogen-bond donors (Lipinski definition) is 2. The number of ether oxygens (including phenoxy) is 1. The van der Waals surface area contributed by atoms with E-state index >= 15 is 0 Å². The summed E-state index contributed by atoms with van der Waals surface area (Å²) in [7, 11) is 0. The van der Waals surface area contributed by atoms with Crippen LogP contribution in [0, 0.1) is 0 Å². The number of aromatic nitrogens is 1. The Bertz CT molecular complexity index is 432. The van der Waals surface area contributed by atoms with Crippen molar-refractivity contribution < 1.29 is 9.53 Å². The van der Waals surface area contributed by atoms with Gasteiger partial charge in [-0.1, -0.05) is 0 Å². The first-order valence-corrected chi connectivity index (χ1v) is 7.08. The van der Waals surface area contributed by atoms with Crippen LogP contribution in [0.1, 0.15) is 37.9 Å². The number of carbonyl (C=O) groups excluding carboxylic acids is 1. The summed E-state index contributed by atoms with van der Waals surface area (Å²) in [6, 6.07) is 4.42. The Hall–Kier alpha value is -1.49. The molecule has 0 aromatic carbocycles. The van der Waals surface area contributed by atoms with Gasteiger partial charge >= 0.3 is 6.03 Å². The smallest absolute Gasteiger partial charge is 0.318 e. The van der Waals surface area contributed by atoms with Gasteiger partial charge in [-0.15, -0.1) is 0 Å². The number of carbonyl (C=O) groups is 1. The van der Waals surface area contributed by atoms with E-state index < -0.39 is 0 Å². The second kappa shape index (κ2) is 5.25. The Balaban J connectivity index is 1.65. The molecule has 0 bridgehead atoms. The molecule has 0 spiro atoms. The highest BCUT2D eigenvalue weighted by molar-refractivity contribution is 5.75. The van der Waals surface area contributed by atoms with Crippen LogP contribution in [0.4, 0.5) is 4.79 Å². The highest BCUT2D eigenvalue weighted by atomic mass is 16.5. The Labute approximate surface area is 113 Å². The van der Waals surface area contributed by atoms with Gasteiger partial charge in [0.25, 0.3) is 0 Å². The molecule has 3 atom stereocenters. The van der Waals surface area contributed by atoms with Gasteiger partial charge in [0.1, 0.15) is 0 Å². The number of likely N-dealkylation sites (tertiary alicyclic amines) is 1. The average Bonchev–Trinajstić information content (AvgIpc) is 3.09. The fourth-order valence-corrected chi connectivity index (χ4v) is 3.05. The van der Waals surface area contributed by atoms with Gasteiger partial charge in [0.15, 0.2) is 0 Å². The minimum Gasteiger partial charge on any atom is -0.376 e. The van der Waals surface area contributed by atoms with Gasteiger partial charge in [-0.05, 0) is 38.3 Å². The molecule has 3 rings (SSSR count). The van der Waals surface area contributed by atoms with Crippen LogP contribution in [-0.4, -0.2) is 41.2 Å². The van der Waals surface area contributed by atoms with Gasteiger partial charge in [-0.25, -0.2) is 4.79 Å². The minimum absolute atomic E-state index is 0.0412. The molecule has 0 aliphatic carbocycles. The van der Waals surface area contributed by atoms with Crippen molar-refractivity contribution in [3.05, 3.63) is 24.0 Å². The van der Waals surface area contributed by atoms with Crippen LogP contribution in [-0.2, 0) is 4.74 Å². The molecule has 0 radical (unpaired) electrons. The van der Waals surface area contributed by atoms with Crippen molar-refractivity contribution in [2.45, 2.75) is 44.4 Å². The first-order valence-electron chi connectivity index (χ1n) is 7.08. The van der Waals surface area contributed by atoms with E-state index in [0.29, 0.717) is 0 Å². The third kappa shape index (κ3) is 2.47. The Morgan fingerprint density at radius 1 is 1.53 bits per heavy atom. The molecule has 5 heteroatoms. The molecule has 19 heavy (non-hydrogen) atoms. The van der Waals surface area contributed by atoms with E-state index in [0.717, 1.165) is 38.1 Å². The topological polar surface area (TPSA) is 57.4 Å². The SMILES string of the molecule is C[C@@H]1OCC[C@H]1NC(=O)N1CCC[C@H]1c1ccc[nH]1. The first-order chi connectivity index (χ1) is 9.25. The summed E-state index contributed by atoms with van der Waals surface area (Å²) in [6.45, 7) is 3.59. The fraction of sp³-hybridized carbons (Fsp3) is 0.643. The summed E-state index contributed by atoms with van der Waals surface area (Å²) >= 11 is 0. The molecule has 104 valence electrons. The molecule has 2 aliphatic rings. The monoisotopic (exact) mass is 263 g/mol. The summed E-state index contributed by atoms with van der Waals surface area (Å²) in [5, 5.41) is 3.11. The van der Waals surface area contributed by atoms with E-state index in [9.17, 15) is 4.79 Å². The standard InChI is InChI=1S/C14H21N3O2/c1-10-11(6-9-19-10)16-14(18)17-8-3-5-13(17)12-4-2-7-15-12/h2,4,7,10-11,13,15H,3,5-6,8-9H2,1H3,(H,16,18)/t10-,11+,13-/m0/s1. The maximum absolute atomic E-state index is 12.4. The van der Waals surface area contributed by atoms with Crippen molar-refractivity contribution >= 4 is 6.03 Å². The van der Waals surface area contributed by atoms with Gasteiger partial charge in [0.05, 0.1) is 18.2 Å². The molecule has 1 aromatic rings. The number of nitrogens with one attached hydrogen (secondary N) is 2. The molecule has 0 saturated carbocycles. The number of urea groups is 1. The normalized spacial score (nSPS) is 30.8. The lowest BCUT2D eigenvalue weighted by atomic mass is 10.1. The quantitative estimate of drug-likeness (QED) is 0.858. The minimum atomic E-state index is 0.0412. The van der Waals surface area contributed by atoms with E-state index in [4.69, 9.17) is 4.74 Å². The lowest BCUT2D eigenvalue weighted by molar-refractivity contribution is 0.111. The van der Waals surface area contributed by atoms with E-state index in [-0.39, 0.29) is 24.2 Å². The zero-order valence-electron chi connectivity index (χ0n) is 11.3. The summed E-state index contributed by atoms with van der Waals surface area (Å²) in [5.74, 6) is 0. The second-order valence-electron chi connectivity index (χ2n) is 5.40. The molecule has 2 amide bonds. The number of hydrogen-bond acceptors (Lipinski definition) is 2. The number of aromatic amines is 1. The predicted octanol–water partition coefficient (Wildman–Crippen LogP) is 2.04. The van der Waals surface area contributed by atoms with Gasteiger partial charge < -0.3 is 19.9 Å². The molecule has 2 saturated heterocycles. The highest BCUT2D eigenvalue weighted by Crippen LogP contribution is 2.31. The lowest BCUT2D eigenvalue weighted by Gasteiger charge is -2.27. The number of nitrogens with zero attached hydrogens (tertiary/aromatic N) is 1. The third-order valence-corrected chi connectivity index (χ3v) is 4.18. The Morgan fingerprint density at radius 3 is 3.11 bits per heavy atom. The Morgan fingerprint density at radius 2 is 2.42 bits per heavy atom. The average molecular weight is 263 g/mol. The summed E-state index contributed by atoms with van der Waals surface area (Å²) in [4.78, 5) is 17.6. The van der Waals surface area contributed by atoms with Crippen LogP contribution in [0.3, 0.4) is 0 Å². The number of H-pyrrole nitrogens is 1. The van der Waals surface area contributed by atoms with Crippen molar-refractivity contribution in [1.82, 2.24) is 15.2 Å². The molecule has 1 aromatic heterocycles. The van der Waals surface area contributed by atoms with Crippen molar-refractivity contribution in [3.63, 3.8) is 0 Å². The molecule has 2 fully saturated rings. The second-order valence-corrected chi connectivity index (χ2v) is 5.40. The molecule has 5 nitrogen and oxygen atoms in total. The fourth-order valence-electron chi connectivity index (χ4n) is 3.05. The van der Waals surface area contributed by atoms with Crippen LogP contribution in [0.2, 0.25) is 0 Å². The van der Waals surface area contributed by atoms with Gasteiger partial charge in [-0.3, -0.25) is 0 Å². The Kier molecular flexibility index (Phi) is 3.46. The summed E-state index contributed by atoms with van der Waals surface area (Å²) < 4.78 is 5.49. The lowest BCUT2D eigenvalue weighted by Crippen LogP contribution is -2.46. The molecule has 0 unspecified atom stereocenters. The molecular weight excluding hydrogens is 242 g/mol. The van der Waals surface area contributed by atoms with Crippen LogP contribution in [0.5, 0.6) is 0 Å². The van der Waals surface area contributed by atoms with Crippen molar-refractivity contribution in [1.29, 1.82) is 0 Å². The van der Waals surface area contributed by atoms with Gasteiger partial charge in [-0.2, -0.15) is 0 Å². The molecule has 2 aliphatic heterocycles. The molecule has 2 N–H and O–H groups in total. The zero-order chi connectivity index (χ0) is 13.2. The highest BCUT2D eigenvalue weighted by Gasteiger charge is 2.33. The molecule has 3 heterocycles. The van der Waals surface area contributed by atoms with E-state index in [1.54, 1.807) is 0 Å². The van der Waals surface area contributed by atoms with E-state index in [1.807, 2.05) is 24.1 Å². The number of amides is 2. The zero-order valence-corrected chi connectivity index (χ0v) is 11.3. The van der Waals surface area contributed by atoms with Gasteiger partial charge in [0, 0.05) is 25.0 Å². The first kappa shape index (κ1) is 12.5. The van der Waals surface area contributed by atoms with Crippen molar-refractivity contribution in [3.8, 4) is 0 Å². The van der Waals surface area contributed by atoms with Gasteiger partial charge in [0.2, 0.25) is 0 Å². The van der Waals surface area contributed by atoms with Crippen LogP contribution < -0.4 is 5.32 Å². The summed E-state index contributed by atoms with van der Waals surface area (Å²) in [5.41, 5.74) is 1.13. The van der Waals surface area contributed by atoms with Crippen molar-refractivity contribution in [2.24, 2.45) is 0 Å². The van der Waals surface area contributed by atoms with E-state index in [2.05, 4.69) is 16.4 Å². The molecular formula is C14H21N3O2. The third-order valence-electron chi connectivity index (χ3n) is 4.18. The van der Waals surface area contributed by atoms with Crippen LogP contribution >= 0.6 is 0 Å². The predicted molar refractivity (Wildman–Crippen MR) is 71.8 cm³/mol. The number of rotatable bonds is 2. The van der Waals surface area contributed by atoms with Crippen molar-refractivity contribution in [2.75, 3.05) is 13.2 Å². The van der Waals surface area contributed by atoms with Crippen LogP contribution in [0.15, 0.2) is 18.3 Å². The van der Waals surface area contributed by atoms with Crippen LogP contribution in [0.25, 0.3) is 0 Å². The largest absolute Gasteiger partial charge is 0.376 e. The van der Waals surface area contributed by atoms with E-state index in [1.165, 1.54) is 0 Å². The maximum Gasteiger partial charge on any atom is 0.318 e.